The molecule has 0 unspecified atom stereocenters. The van der Waals surface area contributed by atoms with Crippen molar-refractivity contribution in [3.63, 3.8) is 0 Å². The van der Waals surface area contributed by atoms with Crippen LogP contribution < -0.4 is 10.2 Å². The molecule has 230 valence electrons. The molecule has 0 radical (unpaired) electrons. The van der Waals surface area contributed by atoms with Crippen molar-refractivity contribution >= 4 is 11.9 Å². The summed E-state index contributed by atoms with van der Waals surface area (Å²) in [6, 6.07) is 0. The molecule has 0 heterocycles. The molecule has 6 nitrogen and oxygen atoms in total. The van der Waals surface area contributed by atoms with E-state index in [0.29, 0.717) is 0 Å². The number of hydrogen-bond acceptors (Lipinski definition) is 4. The molecule has 0 aliphatic rings. The SMILES string of the molecule is CCCCCCCCCCCC[N+](C)(C)C.CCCCCCCCCCCC[N+](C)(C)C.O=C([O-])C(=O)[O-]. The van der Waals surface area contributed by atoms with E-state index in [4.69, 9.17) is 19.8 Å². The maximum absolute atomic E-state index is 8.93. The Bertz CT molecular complexity index is 465. The number of carboxylic acid groups (broad SMARTS) is 2. The predicted molar refractivity (Wildman–Crippen MR) is 160 cm³/mol. The normalized spacial score (nSPS) is 11.3. The zero-order valence-electron chi connectivity index (χ0n) is 27.1. The van der Waals surface area contributed by atoms with Crippen LogP contribution in [0.15, 0.2) is 0 Å². The molecule has 0 saturated carbocycles. The van der Waals surface area contributed by atoms with E-state index in [1.807, 2.05) is 0 Å². The molecule has 0 aromatic carbocycles. The first-order valence-corrected chi connectivity index (χ1v) is 15.8. The molecule has 0 bridgehead atoms. The third-order valence-electron chi connectivity index (χ3n) is 6.53. The standard InChI is InChI=1S/2C15H34N.C2H2O4/c2*1-5-6-7-8-9-10-11-12-13-14-15-16(2,3)4;3-1(4)2(5)6/h2*5-15H2,1-4H3;(H,3,4)(H,5,6)/q2*+1;/p-2. The second kappa shape index (κ2) is 28.9. The molecule has 0 fully saturated rings. The Morgan fingerprint density at radius 2 is 0.579 bits per heavy atom. The fraction of sp³-hybridized carbons (Fsp3) is 0.938. The smallest absolute Gasteiger partial charge is 0.0870 e. The van der Waals surface area contributed by atoms with Crippen molar-refractivity contribution in [1.29, 1.82) is 0 Å². The van der Waals surface area contributed by atoms with Crippen LogP contribution in [-0.4, -0.2) is 76.3 Å². The van der Waals surface area contributed by atoms with Crippen molar-refractivity contribution < 1.29 is 28.8 Å². The summed E-state index contributed by atoms with van der Waals surface area (Å²) in [5, 5.41) is 17.9. The van der Waals surface area contributed by atoms with E-state index in [9.17, 15) is 0 Å². The van der Waals surface area contributed by atoms with Crippen LogP contribution in [0.1, 0.15) is 142 Å². The zero-order chi connectivity index (χ0) is 29.7. The first-order chi connectivity index (χ1) is 17.8. The minimum Gasteiger partial charge on any atom is -0.543 e. The molecule has 0 amide bonds. The van der Waals surface area contributed by atoms with Gasteiger partial charge in [-0.25, -0.2) is 0 Å². The lowest BCUT2D eigenvalue weighted by molar-refractivity contribution is -0.870. The van der Waals surface area contributed by atoms with Crippen LogP contribution in [0.4, 0.5) is 0 Å². The average Bonchev–Trinajstić information content (AvgIpc) is 2.81. The van der Waals surface area contributed by atoms with Gasteiger partial charge in [-0.3, -0.25) is 0 Å². The highest BCUT2D eigenvalue weighted by Gasteiger charge is 2.05. The molecule has 0 N–H and O–H groups in total. The minimum atomic E-state index is -2.19. The van der Waals surface area contributed by atoms with Gasteiger partial charge in [0.15, 0.2) is 0 Å². The first-order valence-electron chi connectivity index (χ1n) is 15.8. The minimum absolute atomic E-state index is 1.12. The van der Waals surface area contributed by atoms with E-state index >= 15 is 0 Å². The molecule has 38 heavy (non-hydrogen) atoms. The van der Waals surface area contributed by atoms with E-state index < -0.39 is 11.9 Å². The third-order valence-corrected chi connectivity index (χ3v) is 6.53. The molecule has 0 aromatic rings. The highest BCUT2D eigenvalue weighted by atomic mass is 16.4. The summed E-state index contributed by atoms with van der Waals surface area (Å²) in [4.78, 5) is 17.9. The molecule has 0 aromatic heterocycles. The van der Waals surface area contributed by atoms with E-state index in [1.54, 1.807) is 0 Å². The molecule has 0 atom stereocenters. The van der Waals surface area contributed by atoms with E-state index in [2.05, 4.69) is 56.1 Å². The topological polar surface area (TPSA) is 80.3 Å². The zero-order valence-corrected chi connectivity index (χ0v) is 27.1. The molecule has 0 aliphatic heterocycles. The number of carbonyl (C=O) groups is 2. The number of hydrogen-bond donors (Lipinski definition) is 0. The van der Waals surface area contributed by atoms with Crippen LogP contribution in [0.3, 0.4) is 0 Å². The molecule has 0 aliphatic carbocycles. The quantitative estimate of drug-likeness (QED) is 0.0993. The Morgan fingerprint density at radius 3 is 0.737 bits per heavy atom. The number of carboxylic acids is 2. The fourth-order valence-electron chi connectivity index (χ4n) is 4.15. The van der Waals surface area contributed by atoms with E-state index in [0.717, 1.165) is 8.97 Å². The van der Waals surface area contributed by atoms with Crippen molar-refractivity contribution in [2.24, 2.45) is 0 Å². The van der Waals surface area contributed by atoms with Gasteiger partial charge < -0.3 is 28.8 Å². The maximum Gasteiger partial charge on any atom is 0.0870 e. The largest absolute Gasteiger partial charge is 0.543 e. The highest BCUT2D eigenvalue weighted by molar-refractivity contribution is 6.25. The van der Waals surface area contributed by atoms with Gasteiger partial charge in [0.25, 0.3) is 0 Å². The number of nitrogens with zero attached hydrogens (tertiary/aromatic N) is 2. The monoisotopic (exact) mass is 545 g/mol. The summed E-state index contributed by atoms with van der Waals surface area (Å²) in [6.45, 7) is 7.23. The van der Waals surface area contributed by atoms with Gasteiger partial charge in [0.05, 0.1) is 67.3 Å². The van der Waals surface area contributed by atoms with Gasteiger partial charge in [-0.15, -0.1) is 0 Å². The van der Waals surface area contributed by atoms with Gasteiger partial charge >= 0.3 is 0 Å². The summed E-state index contributed by atoms with van der Waals surface area (Å²) in [5.74, 6) is -4.37. The van der Waals surface area contributed by atoms with E-state index in [-0.39, 0.29) is 0 Å². The van der Waals surface area contributed by atoms with Gasteiger partial charge in [-0.05, 0) is 25.7 Å². The third kappa shape index (κ3) is 48.0. The summed E-state index contributed by atoms with van der Waals surface area (Å²) < 4.78 is 2.24. The Hall–Kier alpha value is -1.14. The van der Waals surface area contributed by atoms with Crippen LogP contribution in [0.5, 0.6) is 0 Å². The maximum atomic E-state index is 8.93. The molecular formula is C32H68N2O4. The van der Waals surface area contributed by atoms with Gasteiger partial charge in [-0.2, -0.15) is 0 Å². The number of carbonyl (C=O) groups excluding carboxylic acids is 2. The van der Waals surface area contributed by atoms with Gasteiger partial charge in [0.1, 0.15) is 0 Å². The lowest BCUT2D eigenvalue weighted by Gasteiger charge is -2.23. The number of aliphatic carboxylic acids is 2. The van der Waals surface area contributed by atoms with Crippen molar-refractivity contribution in [3.8, 4) is 0 Å². The Kier molecular flexibility index (Phi) is 31.4. The summed E-state index contributed by atoms with van der Waals surface area (Å²) in [5.41, 5.74) is 0. The molecule has 0 rings (SSSR count). The Balaban J connectivity index is -0.000000532. The first kappa shape index (κ1) is 41.3. The van der Waals surface area contributed by atoms with Crippen LogP contribution in [0.2, 0.25) is 0 Å². The number of quaternary nitrogens is 2. The van der Waals surface area contributed by atoms with Gasteiger partial charge in [0, 0.05) is 0 Å². The molecule has 0 spiro atoms. The molecular weight excluding hydrogens is 476 g/mol. The Morgan fingerprint density at radius 1 is 0.395 bits per heavy atom. The van der Waals surface area contributed by atoms with Crippen molar-refractivity contribution in [2.75, 3.05) is 55.4 Å². The second-order valence-electron chi connectivity index (χ2n) is 13.0. The van der Waals surface area contributed by atoms with E-state index in [1.165, 1.54) is 142 Å². The number of rotatable bonds is 22. The predicted octanol–water partition coefficient (Wildman–Crippen LogP) is 5.71. The van der Waals surface area contributed by atoms with Crippen molar-refractivity contribution in [3.05, 3.63) is 0 Å². The Labute approximate surface area is 238 Å². The second-order valence-corrected chi connectivity index (χ2v) is 13.0. The van der Waals surface area contributed by atoms with Crippen LogP contribution >= 0.6 is 0 Å². The van der Waals surface area contributed by atoms with Crippen molar-refractivity contribution in [2.45, 2.75) is 142 Å². The average molecular weight is 545 g/mol. The van der Waals surface area contributed by atoms with Gasteiger partial charge in [0.2, 0.25) is 0 Å². The molecule has 0 saturated heterocycles. The lowest BCUT2D eigenvalue weighted by Crippen LogP contribution is -2.42. The number of unbranched alkanes of at least 4 members (excludes halogenated alkanes) is 18. The van der Waals surface area contributed by atoms with Crippen molar-refractivity contribution in [1.82, 2.24) is 0 Å². The van der Waals surface area contributed by atoms with Crippen LogP contribution in [-0.2, 0) is 9.59 Å². The summed E-state index contributed by atoms with van der Waals surface area (Å²) in [6.07, 6.45) is 28.8. The fourth-order valence-corrected chi connectivity index (χ4v) is 4.15. The lowest BCUT2D eigenvalue weighted by atomic mass is 10.1. The molecule has 6 heteroatoms. The summed E-state index contributed by atoms with van der Waals surface area (Å²) in [7, 11) is 13.7. The van der Waals surface area contributed by atoms with Gasteiger partial charge in [-0.1, -0.05) is 117 Å². The van der Waals surface area contributed by atoms with Crippen LogP contribution in [0, 0.1) is 0 Å². The highest BCUT2D eigenvalue weighted by Crippen LogP contribution is 2.12. The van der Waals surface area contributed by atoms with Crippen LogP contribution in [0.25, 0.3) is 0 Å². The summed E-state index contributed by atoms with van der Waals surface area (Å²) >= 11 is 0.